The van der Waals surface area contributed by atoms with Gasteiger partial charge in [-0.05, 0) is 12.8 Å². The van der Waals surface area contributed by atoms with Crippen molar-refractivity contribution in [2.45, 2.75) is 44.8 Å². The average Bonchev–Trinajstić information content (AvgIpc) is 2.10. The number of nitrogens with one attached hydrogen (secondary N) is 1. The fourth-order valence-corrected chi connectivity index (χ4v) is 1.28. The first-order chi connectivity index (χ1) is 7.17. The lowest BCUT2D eigenvalue weighted by Gasteiger charge is -2.28. The predicted octanol–water partition coefficient (Wildman–Crippen LogP) is 1.70. The Hall–Kier alpha value is -1.27. The van der Waals surface area contributed by atoms with E-state index in [9.17, 15) is 22.8 Å². The van der Waals surface area contributed by atoms with E-state index in [2.05, 4.69) is 0 Å². The third-order valence-electron chi connectivity index (χ3n) is 2.36. The minimum atomic E-state index is -4.63. The van der Waals surface area contributed by atoms with Gasteiger partial charge < -0.3 is 10.4 Å². The summed E-state index contributed by atoms with van der Waals surface area (Å²) in [5.74, 6) is -2.65. The van der Waals surface area contributed by atoms with Crippen molar-refractivity contribution in [1.29, 1.82) is 0 Å². The second-order valence-electron chi connectivity index (χ2n) is 3.43. The normalized spacial score (nSPS) is 12.3. The highest BCUT2D eigenvalue weighted by Gasteiger charge is 2.39. The lowest BCUT2D eigenvalue weighted by Crippen LogP contribution is -2.54. The van der Waals surface area contributed by atoms with Crippen LogP contribution in [0.5, 0.6) is 0 Å². The van der Waals surface area contributed by atoms with Gasteiger partial charge >= 0.3 is 12.1 Å². The van der Waals surface area contributed by atoms with Crippen molar-refractivity contribution in [2.24, 2.45) is 0 Å². The standard InChI is InChI=1S/C9H14F3NO3/c1-3-8(4-2,7(15)16)13-6(14)5-9(10,11)12/h3-5H2,1-2H3,(H,13,14)(H,15,16). The molecule has 16 heavy (non-hydrogen) atoms. The summed E-state index contributed by atoms with van der Waals surface area (Å²) in [5, 5.41) is 10.8. The molecule has 0 heterocycles. The minimum Gasteiger partial charge on any atom is -0.480 e. The number of halogens is 3. The molecule has 0 saturated carbocycles. The van der Waals surface area contributed by atoms with Gasteiger partial charge in [0.1, 0.15) is 12.0 Å². The van der Waals surface area contributed by atoms with Crippen molar-refractivity contribution >= 4 is 11.9 Å². The van der Waals surface area contributed by atoms with E-state index >= 15 is 0 Å². The number of carboxylic acids is 1. The third kappa shape index (κ3) is 4.08. The maximum Gasteiger partial charge on any atom is 0.397 e. The van der Waals surface area contributed by atoms with Crippen LogP contribution in [0.4, 0.5) is 13.2 Å². The quantitative estimate of drug-likeness (QED) is 0.769. The van der Waals surface area contributed by atoms with Crippen LogP contribution in [0, 0.1) is 0 Å². The van der Waals surface area contributed by atoms with E-state index in [0.29, 0.717) is 0 Å². The van der Waals surface area contributed by atoms with E-state index < -0.39 is 30.0 Å². The molecule has 0 rings (SSSR count). The molecule has 0 fully saturated rings. The number of amides is 1. The summed E-state index contributed by atoms with van der Waals surface area (Å²) in [7, 11) is 0. The van der Waals surface area contributed by atoms with Crippen molar-refractivity contribution in [3.8, 4) is 0 Å². The van der Waals surface area contributed by atoms with Crippen LogP contribution in [0.1, 0.15) is 33.1 Å². The third-order valence-corrected chi connectivity index (χ3v) is 2.36. The molecule has 0 atom stereocenters. The summed E-state index contributed by atoms with van der Waals surface area (Å²) in [6.45, 7) is 2.98. The molecule has 0 aromatic heterocycles. The maximum absolute atomic E-state index is 11.9. The molecule has 0 unspecified atom stereocenters. The van der Waals surface area contributed by atoms with Crippen LogP contribution in [0.2, 0.25) is 0 Å². The Bertz CT molecular complexity index is 272. The zero-order chi connectivity index (χ0) is 13.0. The van der Waals surface area contributed by atoms with Crippen molar-refractivity contribution in [1.82, 2.24) is 5.32 Å². The number of alkyl halides is 3. The molecule has 0 radical (unpaired) electrons. The highest BCUT2D eigenvalue weighted by Crippen LogP contribution is 2.21. The lowest BCUT2D eigenvalue weighted by molar-refractivity contribution is -0.159. The fraction of sp³-hybridized carbons (Fsp3) is 0.778. The Morgan fingerprint density at radius 2 is 1.62 bits per heavy atom. The molecule has 0 bridgehead atoms. The second-order valence-corrected chi connectivity index (χ2v) is 3.43. The highest BCUT2D eigenvalue weighted by atomic mass is 19.4. The van der Waals surface area contributed by atoms with Gasteiger partial charge in [-0.1, -0.05) is 13.8 Å². The van der Waals surface area contributed by atoms with Gasteiger partial charge in [0.25, 0.3) is 0 Å². The minimum absolute atomic E-state index is 0.0302. The fourth-order valence-electron chi connectivity index (χ4n) is 1.28. The molecule has 0 aliphatic heterocycles. The van der Waals surface area contributed by atoms with Gasteiger partial charge in [-0.15, -0.1) is 0 Å². The van der Waals surface area contributed by atoms with Gasteiger partial charge in [-0.3, -0.25) is 4.79 Å². The molecule has 0 spiro atoms. The smallest absolute Gasteiger partial charge is 0.397 e. The monoisotopic (exact) mass is 241 g/mol. The van der Waals surface area contributed by atoms with Gasteiger partial charge in [0.15, 0.2) is 0 Å². The number of carbonyl (C=O) groups excluding carboxylic acids is 1. The number of rotatable bonds is 5. The van der Waals surface area contributed by atoms with Gasteiger partial charge in [0, 0.05) is 0 Å². The molecule has 0 aliphatic rings. The van der Waals surface area contributed by atoms with Crippen LogP contribution in [-0.2, 0) is 9.59 Å². The van der Waals surface area contributed by atoms with Crippen molar-refractivity contribution in [2.75, 3.05) is 0 Å². The van der Waals surface area contributed by atoms with Crippen LogP contribution >= 0.6 is 0 Å². The summed E-state index contributed by atoms with van der Waals surface area (Å²) >= 11 is 0. The summed E-state index contributed by atoms with van der Waals surface area (Å²) in [4.78, 5) is 21.9. The molecule has 0 aromatic carbocycles. The first-order valence-corrected chi connectivity index (χ1v) is 4.78. The van der Waals surface area contributed by atoms with Gasteiger partial charge in [0.05, 0.1) is 0 Å². The summed E-state index contributed by atoms with van der Waals surface area (Å²) in [6, 6.07) is 0. The number of carboxylic acid groups (broad SMARTS) is 1. The first kappa shape index (κ1) is 14.7. The number of carbonyl (C=O) groups is 2. The number of hydrogen-bond donors (Lipinski definition) is 2. The van der Waals surface area contributed by atoms with E-state index in [1.807, 2.05) is 5.32 Å². The Labute approximate surface area is 90.8 Å². The van der Waals surface area contributed by atoms with Crippen LogP contribution in [0.15, 0.2) is 0 Å². The zero-order valence-corrected chi connectivity index (χ0v) is 9.02. The highest BCUT2D eigenvalue weighted by molar-refractivity contribution is 5.87. The molecule has 0 saturated heterocycles. The molecule has 0 aromatic rings. The first-order valence-electron chi connectivity index (χ1n) is 4.78. The van der Waals surface area contributed by atoms with Crippen LogP contribution in [0.3, 0.4) is 0 Å². The van der Waals surface area contributed by atoms with E-state index in [0.717, 1.165) is 0 Å². The molecule has 94 valence electrons. The van der Waals surface area contributed by atoms with Crippen LogP contribution in [0.25, 0.3) is 0 Å². The van der Waals surface area contributed by atoms with Crippen molar-refractivity contribution in [3.63, 3.8) is 0 Å². The summed E-state index contributed by atoms with van der Waals surface area (Å²) < 4.78 is 35.6. The van der Waals surface area contributed by atoms with Crippen molar-refractivity contribution < 1.29 is 27.9 Å². The van der Waals surface area contributed by atoms with Gasteiger partial charge in [-0.25, -0.2) is 4.79 Å². The Morgan fingerprint density at radius 1 is 1.19 bits per heavy atom. The second kappa shape index (κ2) is 5.18. The molecular formula is C9H14F3NO3. The van der Waals surface area contributed by atoms with E-state index in [-0.39, 0.29) is 12.8 Å². The predicted molar refractivity (Wildman–Crippen MR) is 49.8 cm³/mol. The SMILES string of the molecule is CCC(CC)(NC(=O)CC(F)(F)F)C(=O)O. The Balaban J connectivity index is 4.66. The topological polar surface area (TPSA) is 66.4 Å². The van der Waals surface area contributed by atoms with Crippen LogP contribution in [-0.4, -0.2) is 28.7 Å². The molecule has 2 N–H and O–H groups in total. The van der Waals surface area contributed by atoms with E-state index in [1.165, 1.54) is 13.8 Å². The number of aliphatic carboxylic acids is 1. The maximum atomic E-state index is 11.9. The van der Waals surface area contributed by atoms with Crippen LogP contribution < -0.4 is 5.32 Å². The van der Waals surface area contributed by atoms with E-state index in [4.69, 9.17) is 5.11 Å². The van der Waals surface area contributed by atoms with Gasteiger partial charge in [-0.2, -0.15) is 13.2 Å². The summed E-state index contributed by atoms with van der Waals surface area (Å²) in [5.41, 5.74) is -1.61. The molecule has 0 aliphatic carbocycles. The number of hydrogen-bond acceptors (Lipinski definition) is 2. The Morgan fingerprint density at radius 3 is 1.88 bits per heavy atom. The molecular weight excluding hydrogens is 227 g/mol. The average molecular weight is 241 g/mol. The Kier molecular flexibility index (Phi) is 4.77. The largest absolute Gasteiger partial charge is 0.480 e. The van der Waals surface area contributed by atoms with E-state index in [1.54, 1.807) is 0 Å². The summed E-state index contributed by atoms with van der Waals surface area (Å²) in [6.07, 6.45) is -6.23. The lowest BCUT2D eigenvalue weighted by atomic mass is 9.93. The molecule has 7 heteroatoms. The van der Waals surface area contributed by atoms with Gasteiger partial charge in [0.2, 0.25) is 5.91 Å². The molecule has 4 nitrogen and oxygen atoms in total. The van der Waals surface area contributed by atoms with Crippen molar-refractivity contribution in [3.05, 3.63) is 0 Å². The molecule has 1 amide bonds. The zero-order valence-electron chi connectivity index (χ0n) is 9.02.